The highest BCUT2D eigenvalue weighted by Crippen LogP contribution is 2.34. The van der Waals surface area contributed by atoms with Gasteiger partial charge in [0.2, 0.25) is 5.91 Å². The summed E-state index contributed by atoms with van der Waals surface area (Å²) >= 11 is 0. The van der Waals surface area contributed by atoms with Gasteiger partial charge in [0.15, 0.2) is 0 Å². The molecule has 1 N–H and O–H groups in total. The maximum atomic E-state index is 13.7. The van der Waals surface area contributed by atoms with Gasteiger partial charge in [-0.1, -0.05) is 12.1 Å². The number of anilines is 1. The van der Waals surface area contributed by atoms with Crippen molar-refractivity contribution in [2.45, 2.75) is 25.1 Å². The predicted octanol–water partition coefficient (Wildman–Crippen LogP) is 2.73. The van der Waals surface area contributed by atoms with Crippen LogP contribution in [-0.4, -0.2) is 82.6 Å². The van der Waals surface area contributed by atoms with E-state index < -0.39 is 12.1 Å². The Morgan fingerprint density at radius 2 is 1.77 bits per heavy atom. The maximum absolute atomic E-state index is 13.7. The third kappa shape index (κ3) is 5.94. The zero-order chi connectivity index (χ0) is 26.0. The number of carbonyl (C=O) groups is 3. The molecule has 1 unspecified atom stereocenters. The van der Waals surface area contributed by atoms with Crippen LogP contribution in [0.1, 0.15) is 22.6 Å². The van der Waals surface area contributed by atoms with Gasteiger partial charge in [-0.15, -0.1) is 0 Å². The van der Waals surface area contributed by atoms with E-state index in [0.717, 1.165) is 12.1 Å². The van der Waals surface area contributed by atoms with E-state index in [0.29, 0.717) is 31.0 Å². The topological polar surface area (TPSA) is 94.1 Å². The van der Waals surface area contributed by atoms with Gasteiger partial charge < -0.3 is 14.9 Å². The summed E-state index contributed by atoms with van der Waals surface area (Å²) in [5.74, 6) is -3.29. The van der Waals surface area contributed by atoms with E-state index in [1.165, 1.54) is 12.1 Å². The highest BCUT2D eigenvalue weighted by molar-refractivity contribution is 5.96. The number of piperazine rings is 1. The van der Waals surface area contributed by atoms with Crippen LogP contribution in [0.15, 0.2) is 42.5 Å². The molecule has 2 aliphatic rings. The molecule has 12 heteroatoms. The maximum Gasteiger partial charge on any atom is 0.490 e. The van der Waals surface area contributed by atoms with Crippen molar-refractivity contribution < 1.29 is 37.1 Å². The third-order valence-electron chi connectivity index (χ3n) is 6.02. The van der Waals surface area contributed by atoms with Gasteiger partial charge in [-0.25, -0.2) is 14.2 Å². The lowest BCUT2D eigenvalue weighted by atomic mass is 9.92. The molecule has 35 heavy (non-hydrogen) atoms. The highest BCUT2D eigenvalue weighted by Gasteiger charge is 2.49. The largest absolute Gasteiger partial charge is 0.490 e. The molecular formula is C23H24F4N4O4. The summed E-state index contributed by atoms with van der Waals surface area (Å²) in [7, 11) is 1.92. The Hall–Kier alpha value is -3.54. The Morgan fingerprint density at radius 3 is 2.37 bits per heavy atom. The molecule has 0 saturated carbocycles. The molecule has 2 aliphatic heterocycles. The number of hydrogen-bond acceptors (Lipinski definition) is 5. The molecule has 1 aromatic carbocycles. The van der Waals surface area contributed by atoms with Gasteiger partial charge >= 0.3 is 12.1 Å². The fourth-order valence-electron chi connectivity index (χ4n) is 4.13. The first-order valence-corrected chi connectivity index (χ1v) is 10.6. The van der Waals surface area contributed by atoms with Crippen LogP contribution in [0, 0.1) is 12.7 Å². The molecule has 2 fully saturated rings. The molecule has 0 aliphatic carbocycles. The average Bonchev–Trinajstić information content (AvgIpc) is 3.21. The zero-order valence-corrected chi connectivity index (χ0v) is 19.0. The molecule has 8 nitrogen and oxygen atoms in total. The lowest BCUT2D eigenvalue weighted by molar-refractivity contribution is -0.192. The van der Waals surface area contributed by atoms with E-state index in [-0.39, 0.29) is 29.7 Å². The Balaban J connectivity index is 0.000000429. The van der Waals surface area contributed by atoms with E-state index in [4.69, 9.17) is 9.90 Å². The summed E-state index contributed by atoms with van der Waals surface area (Å²) in [4.78, 5) is 44.2. The summed E-state index contributed by atoms with van der Waals surface area (Å²) in [6.07, 6.45) is -4.33. The van der Waals surface area contributed by atoms with Crippen molar-refractivity contribution in [3.63, 3.8) is 0 Å². The van der Waals surface area contributed by atoms with Crippen LogP contribution in [0.2, 0.25) is 0 Å². The standard InChI is InChI=1S/C21H23FN4O2.C2HF3O2/c1-15-5-3-8-18(23-15)20(28)25-10-9-21(13-25)14-26(19(27)12-24(21)2)17-7-4-6-16(22)11-17;3-2(4,5)1(6)7/h3-8,11H,9-10,12-14H2,1-2H3;(H,6,7). The SMILES string of the molecule is Cc1cccc(C(=O)N2CCC3(C2)CN(c2cccc(F)c2)C(=O)CN3C)n1.O=C(O)C(F)(F)F. The number of benzene rings is 1. The quantitative estimate of drug-likeness (QED) is 0.643. The lowest BCUT2D eigenvalue weighted by Gasteiger charge is -2.46. The number of aryl methyl sites for hydroxylation is 1. The van der Waals surface area contributed by atoms with Crippen molar-refractivity contribution >= 4 is 23.5 Å². The van der Waals surface area contributed by atoms with Crippen LogP contribution in [0.25, 0.3) is 0 Å². The Morgan fingerprint density at radius 1 is 1.11 bits per heavy atom. The monoisotopic (exact) mass is 496 g/mol. The second-order valence-corrected chi connectivity index (χ2v) is 8.48. The molecule has 4 rings (SSSR count). The first-order chi connectivity index (χ1) is 16.3. The lowest BCUT2D eigenvalue weighted by Crippen LogP contribution is -2.64. The number of carboxylic acids is 1. The summed E-state index contributed by atoms with van der Waals surface area (Å²) in [5, 5.41) is 7.12. The second-order valence-electron chi connectivity index (χ2n) is 8.48. The molecule has 1 spiro atoms. The number of aromatic nitrogens is 1. The third-order valence-corrected chi connectivity index (χ3v) is 6.02. The van der Waals surface area contributed by atoms with Gasteiger partial charge in [0, 0.05) is 31.0 Å². The number of alkyl halides is 3. The van der Waals surface area contributed by atoms with Crippen molar-refractivity contribution in [3.05, 3.63) is 59.7 Å². The normalized spacial score (nSPS) is 20.6. The van der Waals surface area contributed by atoms with Crippen molar-refractivity contribution in [1.29, 1.82) is 0 Å². The molecule has 2 saturated heterocycles. The number of pyridine rings is 1. The molecule has 1 aromatic heterocycles. The predicted molar refractivity (Wildman–Crippen MR) is 117 cm³/mol. The van der Waals surface area contributed by atoms with Gasteiger partial charge in [-0.05, 0) is 50.7 Å². The Labute approximate surface area is 198 Å². The molecule has 0 radical (unpaired) electrons. The van der Waals surface area contributed by atoms with E-state index in [2.05, 4.69) is 4.98 Å². The fraction of sp³-hybridized carbons (Fsp3) is 0.391. The molecule has 3 heterocycles. The number of nitrogens with zero attached hydrogens (tertiary/aromatic N) is 4. The van der Waals surface area contributed by atoms with Gasteiger partial charge in [-0.2, -0.15) is 13.2 Å². The minimum Gasteiger partial charge on any atom is -0.475 e. The highest BCUT2D eigenvalue weighted by atomic mass is 19.4. The molecular weight excluding hydrogens is 472 g/mol. The molecule has 2 amide bonds. The van der Waals surface area contributed by atoms with Crippen molar-refractivity contribution in [3.8, 4) is 0 Å². The smallest absolute Gasteiger partial charge is 0.475 e. The number of amides is 2. The van der Waals surface area contributed by atoms with Crippen LogP contribution in [0.5, 0.6) is 0 Å². The van der Waals surface area contributed by atoms with Crippen LogP contribution in [0.3, 0.4) is 0 Å². The summed E-state index contributed by atoms with van der Waals surface area (Å²) in [6, 6.07) is 11.5. The van der Waals surface area contributed by atoms with Crippen molar-refractivity contribution in [2.75, 3.05) is 38.1 Å². The second kappa shape index (κ2) is 9.98. The minimum atomic E-state index is -5.08. The Kier molecular flexibility index (Phi) is 7.44. The molecule has 0 bridgehead atoms. The molecule has 188 valence electrons. The van der Waals surface area contributed by atoms with Gasteiger partial charge in [-0.3, -0.25) is 14.5 Å². The number of aliphatic carboxylic acids is 1. The number of halogens is 4. The van der Waals surface area contributed by atoms with E-state index >= 15 is 0 Å². The number of likely N-dealkylation sites (N-methyl/N-ethyl adjacent to an activating group) is 1. The average molecular weight is 496 g/mol. The van der Waals surface area contributed by atoms with Crippen LogP contribution in [0.4, 0.5) is 23.2 Å². The number of likely N-dealkylation sites (tertiary alicyclic amines) is 1. The minimum absolute atomic E-state index is 0.0659. The van der Waals surface area contributed by atoms with E-state index in [1.54, 1.807) is 28.0 Å². The van der Waals surface area contributed by atoms with Crippen LogP contribution >= 0.6 is 0 Å². The van der Waals surface area contributed by atoms with Crippen molar-refractivity contribution in [1.82, 2.24) is 14.8 Å². The van der Waals surface area contributed by atoms with Crippen LogP contribution < -0.4 is 4.90 Å². The molecule has 2 aromatic rings. The van der Waals surface area contributed by atoms with Crippen molar-refractivity contribution in [2.24, 2.45) is 0 Å². The van der Waals surface area contributed by atoms with Gasteiger partial charge in [0.05, 0.1) is 12.1 Å². The molecule has 1 atom stereocenters. The zero-order valence-electron chi connectivity index (χ0n) is 19.0. The number of hydrogen-bond donors (Lipinski definition) is 1. The fourth-order valence-corrected chi connectivity index (χ4v) is 4.13. The summed E-state index contributed by atoms with van der Waals surface area (Å²) in [5.41, 5.74) is 1.45. The number of carboxylic acid groups (broad SMARTS) is 1. The summed E-state index contributed by atoms with van der Waals surface area (Å²) < 4.78 is 45.4. The Bertz CT molecular complexity index is 1130. The van der Waals surface area contributed by atoms with Gasteiger partial charge in [0.25, 0.3) is 5.91 Å². The number of rotatable bonds is 2. The van der Waals surface area contributed by atoms with E-state index in [1.807, 2.05) is 31.0 Å². The summed E-state index contributed by atoms with van der Waals surface area (Å²) in [6.45, 7) is 3.64. The van der Waals surface area contributed by atoms with Crippen LogP contribution in [-0.2, 0) is 9.59 Å². The van der Waals surface area contributed by atoms with E-state index in [9.17, 15) is 27.2 Å². The first-order valence-electron chi connectivity index (χ1n) is 10.6. The first kappa shape index (κ1) is 26.1. The number of carbonyl (C=O) groups excluding carboxylic acids is 2. The van der Waals surface area contributed by atoms with Gasteiger partial charge in [0.1, 0.15) is 11.5 Å².